The molecule has 3 amide bonds. The minimum absolute atomic E-state index is 0.0325. The quantitative estimate of drug-likeness (QED) is 0.366. The Balaban J connectivity index is 1.19. The number of rotatable bonds is 9. The Hall–Kier alpha value is -4.00. The molecule has 1 aromatic heterocycles. The van der Waals surface area contributed by atoms with E-state index in [1.165, 1.54) is 22.3 Å². The number of nitrogens with zero attached hydrogens (tertiary/aromatic N) is 4. The summed E-state index contributed by atoms with van der Waals surface area (Å²) in [6.07, 6.45) is -2.58. The van der Waals surface area contributed by atoms with Gasteiger partial charge >= 0.3 is 6.18 Å². The van der Waals surface area contributed by atoms with Crippen molar-refractivity contribution < 1.29 is 32.3 Å². The van der Waals surface area contributed by atoms with Crippen molar-refractivity contribution in [1.82, 2.24) is 25.3 Å². The monoisotopic (exact) mass is 613 g/mol. The van der Waals surface area contributed by atoms with E-state index in [4.69, 9.17) is 4.74 Å². The minimum atomic E-state index is -4.46. The molecule has 13 heteroatoms. The van der Waals surface area contributed by atoms with E-state index in [0.29, 0.717) is 42.4 Å². The van der Waals surface area contributed by atoms with Crippen molar-refractivity contribution in [3.05, 3.63) is 58.6 Å². The van der Waals surface area contributed by atoms with Gasteiger partial charge < -0.3 is 19.9 Å². The zero-order valence-electron chi connectivity index (χ0n) is 23.4. The molecule has 1 aliphatic carbocycles. The zero-order chi connectivity index (χ0) is 30.3. The van der Waals surface area contributed by atoms with Gasteiger partial charge in [0.05, 0.1) is 5.92 Å². The number of likely N-dealkylation sites (tertiary alicyclic amines) is 2. The highest BCUT2D eigenvalue weighted by molar-refractivity contribution is 7.14. The second kappa shape index (κ2) is 11.6. The van der Waals surface area contributed by atoms with Crippen LogP contribution >= 0.6 is 11.3 Å². The summed E-state index contributed by atoms with van der Waals surface area (Å²) in [7, 11) is 0. The van der Waals surface area contributed by atoms with Gasteiger partial charge in [-0.25, -0.2) is 0 Å². The van der Waals surface area contributed by atoms with Crippen LogP contribution in [0.4, 0.5) is 13.2 Å². The van der Waals surface area contributed by atoms with Crippen LogP contribution in [0.3, 0.4) is 0 Å². The van der Waals surface area contributed by atoms with Crippen LogP contribution in [-0.2, 0) is 16.1 Å². The Morgan fingerprint density at radius 2 is 1.81 bits per heavy atom. The maximum Gasteiger partial charge on any atom is 0.394 e. The van der Waals surface area contributed by atoms with E-state index in [-0.39, 0.29) is 30.0 Å². The third-order valence-electron chi connectivity index (χ3n) is 8.00. The lowest BCUT2D eigenvalue weighted by molar-refractivity contribution is -0.171. The largest absolute Gasteiger partial charge is 0.457 e. The van der Waals surface area contributed by atoms with Gasteiger partial charge in [0.1, 0.15) is 21.5 Å². The number of ether oxygens (including phenoxy) is 1. The highest BCUT2D eigenvalue weighted by Gasteiger charge is 2.47. The fraction of sp³-hybridized carbons (Fsp3) is 0.433. The molecule has 9 nitrogen and oxygen atoms in total. The summed E-state index contributed by atoms with van der Waals surface area (Å²) in [5.74, 6) is -1.81. The lowest BCUT2D eigenvalue weighted by Crippen LogP contribution is -2.32. The third kappa shape index (κ3) is 6.66. The minimum Gasteiger partial charge on any atom is -0.457 e. The molecular formula is C30H30F3N5O4S. The summed E-state index contributed by atoms with van der Waals surface area (Å²) < 4.78 is 46.1. The molecule has 6 rings (SSSR count). The molecule has 3 heterocycles. The molecule has 0 bridgehead atoms. The Labute approximate surface area is 250 Å². The molecule has 0 spiro atoms. The number of aromatic nitrogens is 2. The van der Waals surface area contributed by atoms with Crippen molar-refractivity contribution in [2.75, 3.05) is 19.6 Å². The van der Waals surface area contributed by atoms with Gasteiger partial charge in [-0.15, -0.1) is 10.2 Å². The standard InChI is InChI=1S/C30H30F3N5O4S/c1-17-35-36-29(43-17)19-4-8-24(9-5-19)42-25-11-20(28(41)34-13-18-10-27(40)38(14-18)23-6-7-23)2-3-21(25)15-37-16-22(12-26(37)39)30(31,32)33/h2-5,8-9,11,18,22-23H,6-7,10,12-16H2,1H3,(H,34,41)/t18-,22?/m1/s1. The average molecular weight is 614 g/mol. The summed E-state index contributed by atoms with van der Waals surface area (Å²) >= 11 is 1.45. The summed E-state index contributed by atoms with van der Waals surface area (Å²) in [6, 6.07) is 12.1. The van der Waals surface area contributed by atoms with Crippen molar-refractivity contribution in [3.8, 4) is 22.1 Å². The molecular weight excluding hydrogens is 583 g/mol. The van der Waals surface area contributed by atoms with Crippen molar-refractivity contribution in [2.24, 2.45) is 11.8 Å². The Morgan fingerprint density at radius 3 is 2.47 bits per heavy atom. The number of aryl methyl sites for hydroxylation is 1. The second-order valence-electron chi connectivity index (χ2n) is 11.3. The summed E-state index contributed by atoms with van der Waals surface area (Å²) in [5.41, 5.74) is 1.61. The van der Waals surface area contributed by atoms with Crippen LogP contribution < -0.4 is 10.1 Å². The summed E-state index contributed by atoms with van der Waals surface area (Å²) in [4.78, 5) is 40.9. The average Bonchev–Trinajstić information content (AvgIpc) is 3.43. The predicted octanol–water partition coefficient (Wildman–Crippen LogP) is 4.96. The van der Waals surface area contributed by atoms with E-state index in [9.17, 15) is 27.6 Å². The summed E-state index contributed by atoms with van der Waals surface area (Å²) in [5, 5.41) is 12.7. The number of halogens is 3. The van der Waals surface area contributed by atoms with Crippen molar-refractivity contribution in [3.63, 3.8) is 0 Å². The predicted molar refractivity (Wildman–Crippen MR) is 151 cm³/mol. The first-order valence-electron chi connectivity index (χ1n) is 14.2. The molecule has 3 fully saturated rings. The third-order valence-corrected chi connectivity index (χ3v) is 8.89. The van der Waals surface area contributed by atoms with E-state index >= 15 is 0 Å². The molecule has 226 valence electrons. The van der Waals surface area contributed by atoms with Crippen LogP contribution in [0.25, 0.3) is 10.6 Å². The molecule has 3 aromatic rings. The highest BCUT2D eigenvalue weighted by Crippen LogP contribution is 2.37. The number of alkyl halides is 3. The fourth-order valence-electron chi connectivity index (χ4n) is 5.50. The molecule has 1 unspecified atom stereocenters. The molecule has 2 atom stereocenters. The van der Waals surface area contributed by atoms with Gasteiger partial charge in [0.2, 0.25) is 11.8 Å². The van der Waals surface area contributed by atoms with E-state index in [1.54, 1.807) is 24.3 Å². The van der Waals surface area contributed by atoms with Crippen LogP contribution in [-0.4, -0.2) is 69.6 Å². The zero-order valence-corrected chi connectivity index (χ0v) is 24.2. The van der Waals surface area contributed by atoms with Crippen molar-refractivity contribution >= 4 is 29.1 Å². The first kappa shape index (κ1) is 29.1. The van der Waals surface area contributed by atoms with Crippen LogP contribution in [0, 0.1) is 18.8 Å². The lowest BCUT2D eigenvalue weighted by Gasteiger charge is -2.20. The normalized spacial score (nSPS) is 20.7. The Morgan fingerprint density at radius 1 is 1.05 bits per heavy atom. The number of carbonyl (C=O) groups excluding carboxylic acids is 3. The molecule has 2 saturated heterocycles. The van der Waals surface area contributed by atoms with Crippen molar-refractivity contribution in [1.29, 1.82) is 0 Å². The van der Waals surface area contributed by atoms with E-state index in [1.807, 2.05) is 24.0 Å². The number of hydrogen-bond acceptors (Lipinski definition) is 7. The lowest BCUT2D eigenvalue weighted by atomic mass is 10.1. The van der Waals surface area contributed by atoms with Crippen LogP contribution in [0.1, 0.15) is 46.6 Å². The molecule has 3 aliphatic rings. The van der Waals surface area contributed by atoms with Gasteiger partial charge in [-0.3, -0.25) is 14.4 Å². The van der Waals surface area contributed by atoms with Crippen LogP contribution in [0.15, 0.2) is 42.5 Å². The Kier molecular flexibility index (Phi) is 7.84. The summed E-state index contributed by atoms with van der Waals surface area (Å²) in [6.45, 7) is 2.32. The second-order valence-corrected chi connectivity index (χ2v) is 12.5. The molecule has 1 N–H and O–H groups in total. The molecule has 2 aromatic carbocycles. The highest BCUT2D eigenvalue weighted by atomic mass is 32.1. The van der Waals surface area contributed by atoms with E-state index in [2.05, 4.69) is 15.5 Å². The van der Waals surface area contributed by atoms with Crippen molar-refractivity contribution in [2.45, 2.75) is 51.4 Å². The van der Waals surface area contributed by atoms with Gasteiger partial charge in [-0.2, -0.15) is 13.2 Å². The van der Waals surface area contributed by atoms with Crippen LogP contribution in [0.5, 0.6) is 11.5 Å². The van der Waals surface area contributed by atoms with Gasteiger partial charge in [0, 0.05) is 67.7 Å². The molecule has 0 radical (unpaired) electrons. The molecule has 43 heavy (non-hydrogen) atoms. The molecule has 1 saturated carbocycles. The topological polar surface area (TPSA) is 105 Å². The van der Waals surface area contributed by atoms with E-state index in [0.717, 1.165) is 28.4 Å². The fourth-order valence-corrected chi connectivity index (χ4v) is 6.20. The number of amides is 3. The first-order chi connectivity index (χ1) is 20.5. The van der Waals surface area contributed by atoms with Gasteiger partial charge in [0.25, 0.3) is 5.91 Å². The first-order valence-corrected chi connectivity index (χ1v) is 15.0. The number of carbonyl (C=O) groups is 3. The maximum atomic E-state index is 13.3. The van der Waals surface area contributed by atoms with E-state index < -0.39 is 31.0 Å². The molecule has 2 aliphatic heterocycles. The number of benzene rings is 2. The number of nitrogens with one attached hydrogen (secondary N) is 1. The maximum absolute atomic E-state index is 13.3. The van der Waals surface area contributed by atoms with Gasteiger partial charge in [-0.05, 0) is 56.2 Å². The number of hydrogen-bond donors (Lipinski definition) is 1. The van der Waals surface area contributed by atoms with Crippen LogP contribution in [0.2, 0.25) is 0 Å². The van der Waals surface area contributed by atoms with Gasteiger partial charge in [-0.1, -0.05) is 17.4 Å². The van der Waals surface area contributed by atoms with Gasteiger partial charge in [0.15, 0.2) is 0 Å². The Bertz CT molecular complexity index is 1540. The smallest absolute Gasteiger partial charge is 0.394 e. The SMILES string of the molecule is Cc1nnc(-c2ccc(Oc3cc(C(=O)NC[C@H]4CC(=O)N(C5CC5)C4)ccc3CN3CC(C(F)(F)F)CC3=O)cc2)s1.